The minimum Gasteiger partial charge on any atom is -0.465 e. The van der Waals surface area contributed by atoms with Crippen molar-refractivity contribution in [2.45, 2.75) is 13.8 Å². The molecule has 2 aromatic rings. The number of halogens is 1. The van der Waals surface area contributed by atoms with Crippen molar-refractivity contribution in [3.8, 4) is 0 Å². The van der Waals surface area contributed by atoms with Gasteiger partial charge in [0.1, 0.15) is 5.82 Å². The zero-order valence-corrected chi connectivity index (χ0v) is 16.8. The average Bonchev–Trinajstić information content (AvgIpc) is 2.99. The predicted molar refractivity (Wildman–Crippen MR) is 109 cm³/mol. The molecule has 1 heterocycles. The maximum atomic E-state index is 14.1. The molecular formula is C23H20FNO5. The van der Waals surface area contributed by atoms with Crippen LogP contribution >= 0.6 is 0 Å². The van der Waals surface area contributed by atoms with Crippen LogP contribution in [-0.4, -0.2) is 31.6 Å². The van der Waals surface area contributed by atoms with Crippen molar-refractivity contribution in [3.63, 3.8) is 0 Å². The van der Waals surface area contributed by atoms with Gasteiger partial charge in [-0.1, -0.05) is 18.2 Å². The van der Waals surface area contributed by atoms with E-state index in [-0.39, 0.29) is 23.3 Å². The number of anilines is 1. The molecule has 0 unspecified atom stereocenters. The van der Waals surface area contributed by atoms with E-state index < -0.39 is 23.7 Å². The van der Waals surface area contributed by atoms with Crippen LogP contribution in [-0.2, 0) is 19.1 Å². The van der Waals surface area contributed by atoms with Gasteiger partial charge >= 0.3 is 11.9 Å². The van der Waals surface area contributed by atoms with Crippen LogP contribution < -0.4 is 4.90 Å². The first kappa shape index (κ1) is 21.0. The lowest BCUT2D eigenvalue weighted by molar-refractivity contribution is -0.136. The molecule has 0 N–H and O–H groups in total. The van der Waals surface area contributed by atoms with Gasteiger partial charge in [0.2, 0.25) is 0 Å². The normalized spacial score (nSPS) is 15.0. The number of allylic oxidation sites excluding steroid dienone is 1. The van der Waals surface area contributed by atoms with E-state index in [1.165, 1.54) is 48.4 Å². The molecule has 0 fully saturated rings. The third-order valence-corrected chi connectivity index (χ3v) is 4.63. The summed E-state index contributed by atoms with van der Waals surface area (Å²) in [6.45, 7) is 3.56. The molecule has 0 spiro atoms. The average molecular weight is 409 g/mol. The number of hydrogen-bond acceptors (Lipinski definition) is 5. The fourth-order valence-electron chi connectivity index (χ4n) is 3.20. The number of amides is 1. The number of ether oxygens (including phenoxy) is 2. The molecule has 0 saturated heterocycles. The second kappa shape index (κ2) is 8.73. The Kier molecular flexibility index (Phi) is 6.11. The largest absolute Gasteiger partial charge is 0.465 e. The van der Waals surface area contributed by atoms with Gasteiger partial charge in [0, 0.05) is 16.9 Å². The van der Waals surface area contributed by atoms with Crippen LogP contribution in [0.15, 0.2) is 65.4 Å². The highest BCUT2D eigenvalue weighted by Gasteiger charge is 2.38. The van der Waals surface area contributed by atoms with Crippen molar-refractivity contribution in [1.29, 1.82) is 0 Å². The van der Waals surface area contributed by atoms with Crippen LogP contribution in [0.4, 0.5) is 10.1 Å². The van der Waals surface area contributed by atoms with Gasteiger partial charge in [-0.2, -0.15) is 0 Å². The van der Waals surface area contributed by atoms with Crippen LogP contribution in [0, 0.1) is 5.82 Å². The molecule has 0 saturated carbocycles. The molecule has 7 heteroatoms. The van der Waals surface area contributed by atoms with Crippen molar-refractivity contribution in [2.75, 3.05) is 18.6 Å². The number of carbonyl (C=O) groups is 3. The number of benzene rings is 2. The summed E-state index contributed by atoms with van der Waals surface area (Å²) in [6, 6.07) is 12.2. The molecule has 0 radical (unpaired) electrons. The zero-order valence-electron chi connectivity index (χ0n) is 16.8. The van der Waals surface area contributed by atoms with Crippen molar-refractivity contribution in [1.82, 2.24) is 0 Å². The minimum absolute atomic E-state index is 0.0268. The SMILES string of the molecule is CCOC(=O)c1ccc(N2C(=O)C(=Cc3ccccc3F)C(C(=O)OC)=C2C)cc1. The fourth-order valence-corrected chi connectivity index (χ4v) is 3.20. The molecule has 1 aliphatic heterocycles. The van der Waals surface area contributed by atoms with Crippen molar-refractivity contribution < 1.29 is 28.2 Å². The van der Waals surface area contributed by atoms with Gasteiger partial charge in [-0.3, -0.25) is 9.69 Å². The summed E-state index contributed by atoms with van der Waals surface area (Å²) in [4.78, 5) is 38.8. The fraction of sp³-hybridized carbons (Fsp3) is 0.174. The van der Waals surface area contributed by atoms with Crippen molar-refractivity contribution in [3.05, 3.63) is 82.3 Å². The van der Waals surface area contributed by atoms with Gasteiger partial charge in [-0.15, -0.1) is 0 Å². The lowest BCUT2D eigenvalue weighted by Crippen LogP contribution is -2.24. The lowest BCUT2D eigenvalue weighted by Gasteiger charge is -2.18. The van der Waals surface area contributed by atoms with Crippen molar-refractivity contribution >= 4 is 29.6 Å². The van der Waals surface area contributed by atoms with Gasteiger partial charge in [0.05, 0.1) is 30.4 Å². The molecule has 0 aromatic heterocycles. The number of carbonyl (C=O) groups excluding carboxylic acids is 3. The van der Waals surface area contributed by atoms with Gasteiger partial charge in [-0.05, 0) is 50.3 Å². The molecule has 0 bridgehead atoms. The van der Waals surface area contributed by atoms with Gasteiger partial charge in [-0.25, -0.2) is 14.0 Å². The van der Waals surface area contributed by atoms with Crippen molar-refractivity contribution in [2.24, 2.45) is 0 Å². The van der Waals surface area contributed by atoms with Crippen LogP contribution in [0.2, 0.25) is 0 Å². The first-order valence-corrected chi connectivity index (χ1v) is 9.26. The molecule has 0 aliphatic carbocycles. The second-order valence-corrected chi connectivity index (χ2v) is 6.44. The molecule has 154 valence electrons. The summed E-state index contributed by atoms with van der Waals surface area (Å²) >= 11 is 0. The summed E-state index contributed by atoms with van der Waals surface area (Å²) in [7, 11) is 1.21. The third-order valence-electron chi connectivity index (χ3n) is 4.63. The monoisotopic (exact) mass is 409 g/mol. The van der Waals surface area contributed by atoms with E-state index in [0.29, 0.717) is 16.9 Å². The van der Waals surface area contributed by atoms with E-state index in [9.17, 15) is 18.8 Å². The van der Waals surface area contributed by atoms with Gasteiger partial charge in [0.25, 0.3) is 5.91 Å². The van der Waals surface area contributed by atoms with Crippen LogP contribution in [0.5, 0.6) is 0 Å². The Bertz CT molecular complexity index is 1070. The quantitative estimate of drug-likeness (QED) is 0.554. The number of rotatable bonds is 5. The molecule has 2 aromatic carbocycles. The summed E-state index contributed by atoms with van der Waals surface area (Å²) in [6.07, 6.45) is 1.33. The van der Waals surface area contributed by atoms with Gasteiger partial charge in [0.15, 0.2) is 0 Å². The van der Waals surface area contributed by atoms with E-state index in [4.69, 9.17) is 9.47 Å². The number of methoxy groups -OCH3 is 1. The molecule has 3 rings (SSSR count). The molecule has 1 aliphatic rings. The van der Waals surface area contributed by atoms with Gasteiger partial charge < -0.3 is 9.47 Å². The Morgan fingerprint density at radius 2 is 1.73 bits per heavy atom. The maximum absolute atomic E-state index is 14.1. The first-order chi connectivity index (χ1) is 14.4. The van der Waals surface area contributed by atoms with Crippen LogP contribution in [0.3, 0.4) is 0 Å². The lowest BCUT2D eigenvalue weighted by atomic mass is 10.0. The van der Waals surface area contributed by atoms with Crippen LogP contribution in [0.1, 0.15) is 29.8 Å². The highest BCUT2D eigenvalue weighted by molar-refractivity contribution is 6.23. The molecule has 1 amide bonds. The highest BCUT2D eigenvalue weighted by Crippen LogP contribution is 2.35. The summed E-state index contributed by atoms with van der Waals surface area (Å²) < 4.78 is 23.9. The summed E-state index contributed by atoms with van der Waals surface area (Å²) in [5, 5.41) is 0. The number of hydrogen-bond donors (Lipinski definition) is 0. The topological polar surface area (TPSA) is 72.9 Å². The number of nitrogens with zero attached hydrogens (tertiary/aromatic N) is 1. The molecular weight excluding hydrogens is 389 g/mol. The van der Waals surface area contributed by atoms with E-state index in [0.717, 1.165) is 0 Å². The molecule has 30 heavy (non-hydrogen) atoms. The van der Waals surface area contributed by atoms with E-state index in [1.54, 1.807) is 32.0 Å². The molecule has 0 atom stereocenters. The van der Waals surface area contributed by atoms with E-state index >= 15 is 0 Å². The second-order valence-electron chi connectivity index (χ2n) is 6.44. The Morgan fingerprint density at radius 1 is 1.07 bits per heavy atom. The summed E-state index contributed by atoms with van der Waals surface area (Å²) in [5.74, 6) is -2.19. The highest BCUT2D eigenvalue weighted by atomic mass is 19.1. The summed E-state index contributed by atoms with van der Waals surface area (Å²) in [5.41, 5.74) is 1.39. The van der Waals surface area contributed by atoms with E-state index in [2.05, 4.69) is 0 Å². The Morgan fingerprint density at radius 3 is 2.33 bits per heavy atom. The third kappa shape index (κ3) is 3.87. The Balaban J connectivity index is 2.06. The van der Waals surface area contributed by atoms with Crippen LogP contribution in [0.25, 0.3) is 6.08 Å². The maximum Gasteiger partial charge on any atom is 0.340 e. The Labute approximate surface area is 173 Å². The minimum atomic E-state index is -0.700. The number of esters is 2. The molecule has 6 nitrogen and oxygen atoms in total. The standard InChI is InChI=1S/C23H20FNO5/c1-4-30-22(27)15-9-11-17(12-10-15)25-14(2)20(23(28)29-3)18(21(25)26)13-16-7-5-6-8-19(16)24/h5-13H,4H2,1-3H3. The Hall–Kier alpha value is -3.74. The smallest absolute Gasteiger partial charge is 0.340 e. The van der Waals surface area contributed by atoms with E-state index in [1.807, 2.05) is 0 Å². The predicted octanol–water partition coefficient (Wildman–Crippen LogP) is 3.88. The zero-order chi connectivity index (χ0) is 21.8. The first-order valence-electron chi connectivity index (χ1n) is 9.26.